The highest BCUT2D eigenvalue weighted by molar-refractivity contribution is 6.31. The minimum absolute atomic E-state index is 0.0910. The molecule has 11 heteroatoms. The normalized spacial score (nSPS) is 15.0. The number of nitrogens with zero attached hydrogens (tertiary/aromatic N) is 5. The number of halogens is 4. The minimum atomic E-state index is -4.55. The van der Waals surface area contributed by atoms with Crippen molar-refractivity contribution in [2.24, 2.45) is 0 Å². The van der Waals surface area contributed by atoms with Crippen LogP contribution in [0.2, 0.25) is 5.02 Å². The summed E-state index contributed by atoms with van der Waals surface area (Å²) in [5.74, 6) is -0.466. The maximum atomic E-state index is 13.7. The molecular weight excluding hydrogens is 529 g/mol. The summed E-state index contributed by atoms with van der Waals surface area (Å²) < 4.78 is 43.0. The predicted molar refractivity (Wildman–Crippen MR) is 147 cm³/mol. The minimum Gasteiger partial charge on any atom is -0.371 e. The number of fused-ring (bicyclic) bond motifs is 1. The second kappa shape index (κ2) is 10.9. The van der Waals surface area contributed by atoms with E-state index in [0.29, 0.717) is 21.9 Å². The zero-order chi connectivity index (χ0) is 27.7. The lowest BCUT2D eigenvalue weighted by atomic mass is 10.0. The summed E-state index contributed by atoms with van der Waals surface area (Å²) in [6.07, 6.45) is 0.372. The SMILES string of the molecule is CN1CCC(N(C)c2cc(NC(=O)Cc3ccc(-n4cnc5cccnc54)cc3Cl)cc(C(F)(F)F)c2)CC1. The molecule has 0 unspecified atom stereocenters. The van der Waals surface area contributed by atoms with Gasteiger partial charge in [-0.15, -0.1) is 0 Å². The molecule has 1 saturated heterocycles. The first kappa shape index (κ1) is 27.0. The van der Waals surface area contributed by atoms with Gasteiger partial charge in [0.25, 0.3) is 0 Å². The van der Waals surface area contributed by atoms with E-state index in [-0.39, 0.29) is 18.2 Å². The molecule has 1 amide bonds. The van der Waals surface area contributed by atoms with Crippen molar-refractivity contribution >= 4 is 40.0 Å². The lowest BCUT2D eigenvalue weighted by Crippen LogP contribution is -2.42. The van der Waals surface area contributed by atoms with Gasteiger partial charge >= 0.3 is 6.18 Å². The number of hydrogen-bond donors (Lipinski definition) is 1. The topological polar surface area (TPSA) is 66.3 Å². The van der Waals surface area contributed by atoms with Crippen LogP contribution in [0.1, 0.15) is 24.0 Å². The van der Waals surface area contributed by atoms with Gasteiger partial charge in [0.15, 0.2) is 5.65 Å². The van der Waals surface area contributed by atoms with Gasteiger partial charge in [-0.1, -0.05) is 17.7 Å². The summed E-state index contributed by atoms with van der Waals surface area (Å²) in [7, 11) is 3.84. The molecule has 3 heterocycles. The van der Waals surface area contributed by atoms with Crippen LogP contribution in [0.4, 0.5) is 24.5 Å². The van der Waals surface area contributed by atoms with E-state index in [1.54, 1.807) is 54.5 Å². The molecule has 39 heavy (non-hydrogen) atoms. The zero-order valence-electron chi connectivity index (χ0n) is 21.5. The molecule has 1 aliphatic rings. The Morgan fingerprint density at radius 3 is 2.62 bits per heavy atom. The molecule has 1 aliphatic heterocycles. The van der Waals surface area contributed by atoms with Gasteiger partial charge < -0.3 is 15.1 Å². The Balaban J connectivity index is 1.34. The van der Waals surface area contributed by atoms with E-state index in [2.05, 4.69) is 20.2 Å². The van der Waals surface area contributed by atoms with Crippen LogP contribution >= 0.6 is 11.6 Å². The zero-order valence-corrected chi connectivity index (χ0v) is 22.3. The van der Waals surface area contributed by atoms with Gasteiger partial charge in [-0.3, -0.25) is 9.36 Å². The maximum Gasteiger partial charge on any atom is 0.416 e. The summed E-state index contributed by atoms with van der Waals surface area (Å²) in [6.45, 7) is 1.76. The van der Waals surface area contributed by atoms with Crippen LogP contribution in [0.5, 0.6) is 0 Å². The highest BCUT2D eigenvalue weighted by atomic mass is 35.5. The van der Waals surface area contributed by atoms with Crippen molar-refractivity contribution in [3.05, 3.63) is 77.2 Å². The van der Waals surface area contributed by atoms with Gasteiger partial charge in [0.1, 0.15) is 11.8 Å². The molecule has 2 aromatic carbocycles. The third-order valence-corrected chi connectivity index (χ3v) is 7.50. The molecule has 0 atom stereocenters. The van der Waals surface area contributed by atoms with Gasteiger partial charge in [0, 0.05) is 35.7 Å². The molecule has 0 aliphatic carbocycles. The van der Waals surface area contributed by atoms with E-state index >= 15 is 0 Å². The molecule has 0 saturated carbocycles. The van der Waals surface area contributed by atoms with Gasteiger partial charge in [-0.2, -0.15) is 13.2 Å². The molecule has 1 fully saturated rings. The van der Waals surface area contributed by atoms with Gasteiger partial charge in [0.05, 0.1) is 17.7 Å². The van der Waals surface area contributed by atoms with E-state index in [9.17, 15) is 18.0 Å². The number of amides is 1. The van der Waals surface area contributed by atoms with E-state index in [4.69, 9.17) is 11.6 Å². The van der Waals surface area contributed by atoms with Crippen LogP contribution in [0.3, 0.4) is 0 Å². The average Bonchev–Trinajstić information content (AvgIpc) is 3.33. The molecule has 2 aromatic heterocycles. The molecule has 4 aromatic rings. The van der Waals surface area contributed by atoms with E-state index in [1.807, 2.05) is 18.0 Å². The molecule has 7 nitrogen and oxygen atoms in total. The largest absolute Gasteiger partial charge is 0.416 e. The summed E-state index contributed by atoms with van der Waals surface area (Å²) >= 11 is 6.50. The van der Waals surface area contributed by atoms with Crippen LogP contribution in [0.15, 0.2) is 61.1 Å². The van der Waals surface area contributed by atoms with E-state index in [0.717, 1.165) is 49.3 Å². The number of nitrogens with one attached hydrogen (secondary N) is 1. The Kier molecular flexibility index (Phi) is 7.51. The molecule has 0 spiro atoms. The van der Waals surface area contributed by atoms with Crippen LogP contribution in [0, 0.1) is 0 Å². The third-order valence-electron chi connectivity index (χ3n) is 7.14. The number of carbonyl (C=O) groups is 1. The fraction of sp³-hybridized carbons (Fsp3) is 0.321. The van der Waals surface area contributed by atoms with Crippen molar-refractivity contribution in [3.63, 3.8) is 0 Å². The molecule has 0 radical (unpaired) electrons. The Morgan fingerprint density at radius 2 is 1.90 bits per heavy atom. The Labute approximate surface area is 229 Å². The average molecular weight is 557 g/mol. The smallest absolute Gasteiger partial charge is 0.371 e. The van der Waals surface area contributed by atoms with Crippen LogP contribution < -0.4 is 10.2 Å². The second-order valence-electron chi connectivity index (χ2n) is 9.87. The Hall–Kier alpha value is -3.63. The monoisotopic (exact) mass is 556 g/mol. The fourth-order valence-electron chi connectivity index (χ4n) is 4.89. The molecular formula is C28H28ClF3N6O. The van der Waals surface area contributed by atoms with Crippen molar-refractivity contribution in [2.75, 3.05) is 37.4 Å². The number of imidazole rings is 1. The van der Waals surface area contributed by atoms with Crippen LogP contribution in [-0.2, 0) is 17.4 Å². The Morgan fingerprint density at radius 1 is 1.13 bits per heavy atom. The first-order valence-corrected chi connectivity index (χ1v) is 13.0. The number of pyridine rings is 1. The maximum absolute atomic E-state index is 13.7. The first-order valence-electron chi connectivity index (χ1n) is 12.6. The molecule has 5 rings (SSSR count). The highest BCUT2D eigenvalue weighted by Crippen LogP contribution is 2.35. The third kappa shape index (κ3) is 6.02. The summed E-state index contributed by atoms with van der Waals surface area (Å²) in [6, 6.07) is 12.7. The van der Waals surface area contributed by atoms with Crippen molar-refractivity contribution in [3.8, 4) is 5.69 Å². The van der Waals surface area contributed by atoms with Crippen LogP contribution in [0.25, 0.3) is 16.9 Å². The summed E-state index contributed by atoms with van der Waals surface area (Å²) in [5.41, 5.74) is 2.38. The van der Waals surface area contributed by atoms with Crippen molar-refractivity contribution in [1.29, 1.82) is 0 Å². The van der Waals surface area contributed by atoms with Gasteiger partial charge in [0.2, 0.25) is 5.91 Å². The number of likely N-dealkylation sites (tertiary alicyclic amines) is 1. The van der Waals surface area contributed by atoms with Gasteiger partial charge in [-0.05, 0) is 81.0 Å². The number of hydrogen-bond acceptors (Lipinski definition) is 5. The highest BCUT2D eigenvalue weighted by Gasteiger charge is 2.32. The standard InChI is InChI=1S/C28H28ClF3N6O/c1-36-10-7-21(8-11-36)37(2)23-14-19(28(30,31)32)13-20(15-23)35-26(39)12-18-5-6-22(16-24(18)29)38-17-34-25-4-3-9-33-27(25)38/h3-6,9,13-17,21H,7-8,10-12H2,1-2H3,(H,35,39). The van der Waals surface area contributed by atoms with Gasteiger partial charge in [-0.25, -0.2) is 9.97 Å². The summed E-state index contributed by atoms with van der Waals surface area (Å²) in [5, 5.41) is 3.00. The van der Waals surface area contributed by atoms with E-state index < -0.39 is 17.6 Å². The Bertz CT molecular complexity index is 1500. The molecule has 204 valence electrons. The number of anilines is 2. The number of piperidine rings is 1. The fourth-order valence-corrected chi connectivity index (χ4v) is 5.13. The number of benzene rings is 2. The number of alkyl halides is 3. The van der Waals surface area contributed by atoms with Crippen molar-refractivity contribution < 1.29 is 18.0 Å². The van der Waals surface area contributed by atoms with Crippen molar-refractivity contribution in [2.45, 2.75) is 31.5 Å². The predicted octanol–water partition coefficient (Wildman–Crippen LogP) is 5.80. The van der Waals surface area contributed by atoms with E-state index in [1.165, 1.54) is 0 Å². The van der Waals surface area contributed by atoms with Crippen LogP contribution in [-0.4, -0.2) is 58.6 Å². The molecule has 0 bridgehead atoms. The first-order chi connectivity index (χ1) is 18.6. The second-order valence-corrected chi connectivity index (χ2v) is 10.3. The number of rotatable bonds is 6. The summed E-state index contributed by atoms with van der Waals surface area (Å²) in [4.78, 5) is 25.7. The quantitative estimate of drug-likeness (QED) is 0.325. The molecule has 1 N–H and O–H groups in total. The lowest BCUT2D eigenvalue weighted by molar-refractivity contribution is -0.137. The number of carbonyl (C=O) groups excluding carboxylic acids is 1. The lowest BCUT2D eigenvalue weighted by Gasteiger charge is -2.36. The number of aromatic nitrogens is 3. The van der Waals surface area contributed by atoms with Crippen molar-refractivity contribution in [1.82, 2.24) is 19.4 Å².